The largest absolute Gasteiger partial charge is 0.310 e. The lowest BCUT2D eigenvalue weighted by Crippen LogP contribution is -2.18. The number of pyridine rings is 1. The molecule has 1 atom stereocenters. The number of hydrogen-bond acceptors (Lipinski definition) is 5. The van der Waals surface area contributed by atoms with Crippen molar-refractivity contribution >= 4 is 33.3 Å². The summed E-state index contributed by atoms with van der Waals surface area (Å²) in [7, 11) is 0. The summed E-state index contributed by atoms with van der Waals surface area (Å²) in [6.07, 6.45) is 1.85. The van der Waals surface area contributed by atoms with Crippen LogP contribution in [0.2, 0.25) is 0 Å². The van der Waals surface area contributed by atoms with Gasteiger partial charge in [0.25, 0.3) is 0 Å². The molecule has 1 N–H and O–H groups in total. The van der Waals surface area contributed by atoms with Crippen molar-refractivity contribution in [2.45, 2.75) is 29.3 Å². The number of fused-ring (bicyclic) bond motifs is 1. The van der Waals surface area contributed by atoms with E-state index in [2.05, 4.69) is 47.3 Å². The summed E-state index contributed by atoms with van der Waals surface area (Å²) in [6, 6.07) is 12.7. The van der Waals surface area contributed by atoms with Gasteiger partial charge >= 0.3 is 0 Å². The van der Waals surface area contributed by atoms with Crippen molar-refractivity contribution in [3.8, 4) is 0 Å². The first kappa shape index (κ1) is 14.5. The maximum absolute atomic E-state index is 4.68. The monoisotopic (exact) mass is 315 g/mol. The highest BCUT2D eigenvalue weighted by Crippen LogP contribution is 2.36. The van der Waals surface area contributed by atoms with E-state index in [-0.39, 0.29) is 0 Å². The van der Waals surface area contributed by atoms with Crippen LogP contribution in [0.5, 0.6) is 0 Å². The molecule has 0 aliphatic heterocycles. The molecule has 0 saturated heterocycles. The summed E-state index contributed by atoms with van der Waals surface area (Å²) in [5.74, 6) is 0. The lowest BCUT2D eigenvalue weighted by atomic mass is 10.1. The van der Waals surface area contributed by atoms with Crippen LogP contribution in [0, 0.1) is 0 Å². The van der Waals surface area contributed by atoms with Gasteiger partial charge in [0.2, 0.25) is 0 Å². The van der Waals surface area contributed by atoms with Crippen molar-refractivity contribution in [2.24, 2.45) is 0 Å². The highest BCUT2D eigenvalue weighted by atomic mass is 32.2. The molecule has 21 heavy (non-hydrogen) atoms. The molecule has 3 aromatic rings. The van der Waals surface area contributed by atoms with Crippen LogP contribution in [0.15, 0.2) is 52.0 Å². The first-order valence-electron chi connectivity index (χ1n) is 6.99. The molecule has 0 spiro atoms. The van der Waals surface area contributed by atoms with Gasteiger partial charge in [-0.25, -0.2) is 9.97 Å². The van der Waals surface area contributed by atoms with Crippen LogP contribution in [0.4, 0.5) is 0 Å². The third-order valence-electron chi connectivity index (χ3n) is 3.24. The maximum Gasteiger partial charge on any atom is 0.157 e. The van der Waals surface area contributed by atoms with Gasteiger partial charge in [-0.3, -0.25) is 0 Å². The van der Waals surface area contributed by atoms with Crippen LogP contribution in [0.25, 0.3) is 10.2 Å². The van der Waals surface area contributed by atoms with Gasteiger partial charge in [-0.05, 0) is 43.4 Å². The molecule has 2 heterocycles. The molecular formula is C16H17N3S2. The molecule has 3 rings (SSSR count). The van der Waals surface area contributed by atoms with Crippen LogP contribution < -0.4 is 5.32 Å². The van der Waals surface area contributed by atoms with Gasteiger partial charge in [0.05, 0.1) is 10.2 Å². The van der Waals surface area contributed by atoms with Crippen molar-refractivity contribution in [2.75, 3.05) is 6.54 Å². The second-order valence-electron chi connectivity index (χ2n) is 4.73. The zero-order valence-corrected chi connectivity index (χ0v) is 13.7. The lowest BCUT2D eigenvalue weighted by Gasteiger charge is -2.15. The Morgan fingerprint density at radius 3 is 2.90 bits per heavy atom. The number of nitrogens with zero attached hydrogens (tertiary/aromatic N) is 2. The lowest BCUT2D eigenvalue weighted by molar-refractivity contribution is 0.585. The number of para-hydroxylation sites is 1. The second kappa shape index (κ2) is 6.56. The van der Waals surface area contributed by atoms with E-state index in [0.29, 0.717) is 6.04 Å². The molecule has 2 aromatic heterocycles. The van der Waals surface area contributed by atoms with Gasteiger partial charge in [0.15, 0.2) is 4.34 Å². The number of aromatic nitrogens is 2. The van der Waals surface area contributed by atoms with E-state index < -0.39 is 0 Å². The molecule has 0 amide bonds. The Kier molecular flexibility index (Phi) is 4.53. The van der Waals surface area contributed by atoms with Crippen molar-refractivity contribution < 1.29 is 0 Å². The van der Waals surface area contributed by atoms with Crippen LogP contribution in [0.3, 0.4) is 0 Å². The summed E-state index contributed by atoms with van der Waals surface area (Å²) in [5, 5.41) is 4.48. The van der Waals surface area contributed by atoms with E-state index in [1.54, 1.807) is 23.1 Å². The zero-order valence-electron chi connectivity index (χ0n) is 12.0. The van der Waals surface area contributed by atoms with Crippen molar-refractivity contribution in [1.82, 2.24) is 15.3 Å². The Labute approximate surface area is 132 Å². The van der Waals surface area contributed by atoms with E-state index in [0.717, 1.165) is 21.4 Å². The molecule has 0 aliphatic rings. The Bertz CT molecular complexity index is 706. The normalized spacial score (nSPS) is 12.7. The predicted octanol–water partition coefficient (Wildman–Crippen LogP) is 4.51. The Hall–Kier alpha value is -1.43. The zero-order chi connectivity index (χ0) is 14.7. The summed E-state index contributed by atoms with van der Waals surface area (Å²) in [5.41, 5.74) is 2.28. The molecule has 0 bridgehead atoms. The van der Waals surface area contributed by atoms with E-state index in [4.69, 9.17) is 0 Å². The summed E-state index contributed by atoms with van der Waals surface area (Å²) in [6.45, 7) is 5.23. The second-order valence-corrected chi connectivity index (χ2v) is 6.99. The molecule has 108 valence electrons. The smallest absolute Gasteiger partial charge is 0.157 e. The van der Waals surface area contributed by atoms with E-state index in [1.165, 1.54) is 10.3 Å². The van der Waals surface area contributed by atoms with Crippen LogP contribution in [-0.4, -0.2) is 16.5 Å². The van der Waals surface area contributed by atoms with Gasteiger partial charge in [-0.15, -0.1) is 11.3 Å². The fourth-order valence-electron chi connectivity index (χ4n) is 2.21. The molecule has 0 aliphatic carbocycles. The molecular weight excluding hydrogens is 298 g/mol. The average molecular weight is 315 g/mol. The number of rotatable bonds is 5. The summed E-state index contributed by atoms with van der Waals surface area (Å²) < 4.78 is 2.26. The maximum atomic E-state index is 4.68. The van der Waals surface area contributed by atoms with Gasteiger partial charge < -0.3 is 5.32 Å². The number of thiazole rings is 1. The molecule has 1 unspecified atom stereocenters. The minimum absolute atomic E-state index is 0.292. The molecule has 1 aromatic carbocycles. The Morgan fingerprint density at radius 1 is 1.24 bits per heavy atom. The van der Waals surface area contributed by atoms with Crippen molar-refractivity contribution in [3.63, 3.8) is 0 Å². The van der Waals surface area contributed by atoms with E-state index in [9.17, 15) is 0 Å². The first-order chi connectivity index (χ1) is 10.3. The van der Waals surface area contributed by atoms with Crippen LogP contribution >= 0.6 is 23.1 Å². The highest BCUT2D eigenvalue weighted by Gasteiger charge is 2.13. The Balaban J connectivity index is 1.90. The summed E-state index contributed by atoms with van der Waals surface area (Å²) in [4.78, 5) is 9.21. The first-order valence-corrected chi connectivity index (χ1v) is 8.63. The van der Waals surface area contributed by atoms with Gasteiger partial charge in [0, 0.05) is 17.8 Å². The molecule has 0 saturated carbocycles. The molecule has 0 radical (unpaired) electrons. The third kappa shape index (κ3) is 3.26. The van der Waals surface area contributed by atoms with Crippen LogP contribution in [-0.2, 0) is 0 Å². The topological polar surface area (TPSA) is 37.8 Å². The quantitative estimate of drug-likeness (QED) is 0.751. The predicted molar refractivity (Wildman–Crippen MR) is 90.1 cm³/mol. The minimum Gasteiger partial charge on any atom is -0.310 e. The van der Waals surface area contributed by atoms with E-state index in [1.807, 2.05) is 24.4 Å². The van der Waals surface area contributed by atoms with Gasteiger partial charge in [-0.2, -0.15) is 0 Å². The van der Waals surface area contributed by atoms with Crippen molar-refractivity contribution in [1.29, 1.82) is 0 Å². The Morgan fingerprint density at radius 2 is 2.10 bits per heavy atom. The SMILES string of the molecule is CCNC(C)c1cccnc1Sc1nc2ccccc2s1. The fraction of sp³-hybridized carbons (Fsp3) is 0.250. The fourth-order valence-corrected chi connectivity index (χ4v) is 4.37. The minimum atomic E-state index is 0.292. The standard InChI is InChI=1S/C16H17N3S2/c1-3-17-11(2)12-7-6-10-18-15(12)21-16-19-13-8-4-5-9-14(13)20-16/h4-11,17H,3H2,1-2H3. The number of benzene rings is 1. The van der Waals surface area contributed by atoms with E-state index >= 15 is 0 Å². The van der Waals surface area contributed by atoms with Gasteiger partial charge in [0.1, 0.15) is 5.03 Å². The molecule has 5 heteroatoms. The molecule has 0 fully saturated rings. The number of hydrogen-bond donors (Lipinski definition) is 1. The average Bonchev–Trinajstić information content (AvgIpc) is 2.90. The summed E-state index contributed by atoms with van der Waals surface area (Å²) >= 11 is 3.37. The highest BCUT2D eigenvalue weighted by molar-refractivity contribution is 8.01. The number of nitrogens with one attached hydrogen (secondary N) is 1. The van der Waals surface area contributed by atoms with Crippen molar-refractivity contribution in [3.05, 3.63) is 48.2 Å². The third-order valence-corrected chi connectivity index (χ3v) is 5.37. The molecule has 3 nitrogen and oxygen atoms in total. The van der Waals surface area contributed by atoms with Gasteiger partial charge in [-0.1, -0.05) is 25.1 Å². The van der Waals surface area contributed by atoms with Crippen LogP contribution in [0.1, 0.15) is 25.5 Å².